The lowest BCUT2D eigenvalue weighted by atomic mass is 10.1. The molecule has 3 rings (SSSR count). The molecule has 0 bridgehead atoms. The van der Waals surface area contributed by atoms with Gasteiger partial charge in [0, 0.05) is 39.8 Å². The van der Waals surface area contributed by atoms with Gasteiger partial charge in [0.2, 0.25) is 15.9 Å². The van der Waals surface area contributed by atoms with Gasteiger partial charge in [0.1, 0.15) is 10.7 Å². The second-order valence-corrected chi connectivity index (χ2v) is 9.68. The standard InChI is InChI=1S/C21H25ClFN3O3S/c1-16(21(27)24(2)15-17-6-5-7-18(23)14-17)25-10-12-26(13-11-25)30(28,29)20-9-4-3-8-19(20)22/h3-9,14,16H,10-13,15H2,1-2H3. The van der Waals surface area contributed by atoms with Crippen molar-refractivity contribution in [2.45, 2.75) is 24.4 Å². The second kappa shape index (κ2) is 9.43. The third kappa shape index (κ3) is 5.00. The molecule has 6 nitrogen and oxygen atoms in total. The third-order valence-electron chi connectivity index (χ3n) is 5.32. The van der Waals surface area contributed by atoms with Gasteiger partial charge in [-0.15, -0.1) is 0 Å². The molecular formula is C21H25ClFN3O3S. The van der Waals surface area contributed by atoms with E-state index in [0.29, 0.717) is 25.2 Å². The molecule has 2 aromatic rings. The molecule has 1 aliphatic rings. The Bertz CT molecular complexity index is 1010. The fourth-order valence-electron chi connectivity index (χ4n) is 3.59. The van der Waals surface area contributed by atoms with Gasteiger partial charge in [0.25, 0.3) is 0 Å². The fourth-order valence-corrected chi connectivity index (χ4v) is 5.50. The highest BCUT2D eigenvalue weighted by Gasteiger charge is 2.33. The monoisotopic (exact) mass is 453 g/mol. The maximum Gasteiger partial charge on any atom is 0.244 e. The lowest BCUT2D eigenvalue weighted by Crippen LogP contribution is -2.55. The average molecular weight is 454 g/mol. The van der Waals surface area contributed by atoms with Crippen molar-refractivity contribution in [3.05, 3.63) is 64.9 Å². The molecule has 1 saturated heterocycles. The van der Waals surface area contributed by atoms with Crippen molar-refractivity contribution in [3.63, 3.8) is 0 Å². The number of benzene rings is 2. The zero-order chi connectivity index (χ0) is 21.9. The van der Waals surface area contributed by atoms with Crippen LogP contribution in [0.25, 0.3) is 0 Å². The number of carbonyl (C=O) groups is 1. The molecule has 0 spiro atoms. The summed E-state index contributed by atoms with van der Waals surface area (Å²) >= 11 is 6.07. The highest BCUT2D eigenvalue weighted by Crippen LogP contribution is 2.25. The van der Waals surface area contributed by atoms with Gasteiger partial charge in [-0.1, -0.05) is 35.9 Å². The highest BCUT2D eigenvalue weighted by atomic mass is 35.5. The van der Waals surface area contributed by atoms with E-state index in [2.05, 4.69) is 0 Å². The number of carbonyl (C=O) groups excluding carboxylic acids is 1. The molecular weight excluding hydrogens is 429 g/mol. The summed E-state index contributed by atoms with van der Waals surface area (Å²) in [6.07, 6.45) is 0. The van der Waals surface area contributed by atoms with Crippen LogP contribution in [0.3, 0.4) is 0 Å². The number of rotatable bonds is 6. The van der Waals surface area contributed by atoms with Gasteiger partial charge in [0.15, 0.2) is 0 Å². The van der Waals surface area contributed by atoms with Gasteiger partial charge in [-0.2, -0.15) is 4.31 Å². The first-order valence-corrected chi connectivity index (χ1v) is 11.5. The van der Waals surface area contributed by atoms with Crippen molar-refractivity contribution < 1.29 is 17.6 Å². The predicted octanol–water partition coefficient (Wildman–Crippen LogP) is 2.83. The second-order valence-electron chi connectivity index (χ2n) is 7.37. The Morgan fingerprint density at radius 2 is 1.80 bits per heavy atom. The number of halogens is 2. The number of sulfonamides is 1. The van der Waals surface area contributed by atoms with Crippen molar-refractivity contribution in [2.75, 3.05) is 33.2 Å². The molecule has 1 atom stereocenters. The van der Waals surface area contributed by atoms with Crippen molar-refractivity contribution in [3.8, 4) is 0 Å². The summed E-state index contributed by atoms with van der Waals surface area (Å²) in [5.74, 6) is -0.432. The average Bonchev–Trinajstić information content (AvgIpc) is 2.73. The molecule has 1 heterocycles. The predicted molar refractivity (Wildman–Crippen MR) is 114 cm³/mol. The van der Waals surface area contributed by atoms with Crippen LogP contribution in [0.2, 0.25) is 5.02 Å². The zero-order valence-electron chi connectivity index (χ0n) is 17.0. The van der Waals surface area contributed by atoms with Crippen LogP contribution in [0.15, 0.2) is 53.4 Å². The van der Waals surface area contributed by atoms with Crippen LogP contribution < -0.4 is 0 Å². The fraction of sp³-hybridized carbons (Fsp3) is 0.381. The Kier molecular flexibility index (Phi) is 7.13. The SMILES string of the molecule is CC(C(=O)N(C)Cc1cccc(F)c1)N1CCN(S(=O)(=O)c2ccccc2Cl)CC1. The van der Waals surface area contributed by atoms with Crippen LogP contribution >= 0.6 is 11.6 Å². The number of hydrogen-bond acceptors (Lipinski definition) is 4. The van der Waals surface area contributed by atoms with E-state index in [4.69, 9.17) is 11.6 Å². The van der Waals surface area contributed by atoms with Crippen LogP contribution in [0, 0.1) is 5.82 Å². The van der Waals surface area contributed by atoms with Gasteiger partial charge < -0.3 is 4.90 Å². The largest absolute Gasteiger partial charge is 0.340 e. The van der Waals surface area contributed by atoms with Gasteiger partial charge in [-0.3, -0.25) is 9.69 Å². The van der Waals surface area contributed by atoms with E-state index in [1.165, 1.54) is 22.5 Å². The molecule has 0 aliphatic carbocycles. The van der Waals surface area contributed by atoms with E-state index in [-0.39, 0.29) is 34.7 Å². The molecule has 2 aromatic carbocycles. The van der Waals surface area contributed by atoms with Gasteiger partial charge >= 0.3 is 0 Å². The van der Waals surface area contributed by atoms with Crippen molar-refractivity contribution in [2.24, 2.45) is 0 Å². The summed E-state index contributed by atoms with van der Waals surface area (Å²) in [5, 5.41) is 0.197. The lowest BCUT2D eigenvalue weighted by molar-refractivity contribution is -0.136. The zero-order valence-corrected chi connectivity index (χ0v) is 18.5. The Morgan fingerprint density at radius 3 is 2.43 bits per heavy atom. The Morgan fingerprint density at radius 1 is 1.13 bits per heavy atom. The van der Waals surface area contributed by atoms with Crippen molar-refractivity contribution >= 4 is 27.5 Å². The van der Waals surface area contributed by atoms with E-state index in [9.17, 15) is 17.6 Å². The normalized spacial score (nSPS) is 16.9. The summed E-state index contributed by atoms with van der Waals surface area (Å²) in [5.41, 5.74) is 0.716. The van der Waals surface area contributed by atoms with Crippen molar-refractivity contribution in [1.29, 1.82) is 0 Å². The summed E-state index contributed by atoms with van der Waals surface area (Å²) in [4.78, 5) is 16.4. The molecule has 0 aromatic heterocycles. The number of likely N-dealkylation sites (N-methyl/N-ethyl adjacent to an activating group) is 1. The lowest BCUT2D eigenvalue weighted by Gasteiger charge is -2.38. The quantitative estimate of drug-likeness (QED) is 0.674. The number of nitrogens with zero attached hydrogens (tertiary/aromatic N) is 3. The Hall–Kier alpha value is -2.00. The smallest absolute Gasteiger partial charge is 0.244 e. The van der Waals surface area contributed by atoms with Crippen LogP contribution in [0.1, 0.15) is 12.5 Å². The van der Waals surface area contributed by atoms with E-state index < -0.39 is 16.1 Å². The molecule has 0 radical (unpaired) electrons. The third-order valence-corrected chi connectivity index (χ3v) is 7.72. The minimum Gasteiger partial charge on any atom is -0.340 e. The van der Waals surface area contributed by atoms with E-state index >= 15 is 0 Å². The van der Waals surface area contributed by atoms with Crippen LogP contribution in [0.4, 0.5) is 4.39 Å². The van der Waals surface area contributed by atoms with Crippen LogP contribution in [-0.2, 0) is 21.4 Å². The molecule has 1 fully saturated rings. The highest BCUT2D eigenvalue weighted by molar-refractivity contribution is 7.89. The maximum absolute atomic E-state index is 13.4. The Labute approximate surface area is 181 Å². The first-order chi connectivity index (χ1) is 14.2. The van der Waals surface area contributed by atoms with Crippen LogP contribution in [-0.4, -0.2) is 67.7 Å². The van der Waals surface area contributed by atoms with E-state index in [1.807, 2.05) is 11.8 Å². The molecule has 1 unspecified atom stereocenters. The molecule has 1 aliphatic heterocycles. The summed E-state index contributed by atoms with van der Waals surface area (Å²) in [6.45, 7) is 3.54. The molecule has 0 saturated carbocycles. The molecule has 0 N–H and O–H groups in total. The maximum atomic E-state index is 13.4. The molecule has 9 heteroatoms. The van der Waals surface area contributed by atoms with Gasteiger partial charge in [-0.25, -0.2) is 12.8 Å². The molecule has 1 amide bonds. The van der Waals surface area contributed by atoms with Gasteiger partial charge in [0.05, 0.1) is 11.1 Å². The number of hydrogen-bond donors (Lipinski definition) is 0. The van der Waals surface area contributed by atoms with Crippen LogP contribution in [0.5, 0.6) is 0 Å². The minimum absolute atomic E-state index is 0.0957. The summed E-state index contributed by atoms with van der Waals surface area (Å²) in [7, 11) is -2.00. The van der Waals surface area contributed by atoms with E-state index in [0.717, 1.165) is 0 Å². The first-order valence-electron chi connectivity index (χ1n) is 9.68. The summed E-state index contributed by atoms with van der Waals surface area (Å²) in [6, 6.07) is 12.1. The first kappa shape index (κ1) is 22.7. The Balaban J connectivity index is 1.60. The molecule has 30 heavy (non-hydrogen) atoms. The number of amides is 1. The topological polar surface area (TPSA) is 60.9 Å². The number of piperazine rings is 1. The minimum atomic E-state index is -3.68. The van der Waals surface area contributed by atoms with Crippen molar-refractivity contribution in [1.82, 2.24) is 14.1 Å². The summed E-state index contributed by atoms with van der Waals surface area (Å²) < 4.78 is 40.5. The molecule has 162 valence electrons. The van der Waals surface area contributed by atoms with Gasteiger partial charge in [-0.05, 0) is 36.8 Å². The van der Waals surface area contributed by atoms with E-state index in [1.54, 1.807) is 42.3 Å².